The Hall–Kier alpha value is -1.61. The van der Waals surface area contributed by atoms with Crippen LogP contribution in [0.15, 0.2) is 34.7 Å². The van der Waals surface area contributed by atoms with Crippen molar-refractivity contribution in [3.05, 3.63) is 46.9 Å². The third-order valence-electron chi connectivity index (χ3n) is 2.87. The highest BCUT2D eigenvalue weighted by molar-refractivity contribution is 6.32. The van der Waals surface area contributed by atoms with Crippen molar-refractivity contribution in [2.24, 2.45) is 0 Å². The molecule has 108 valence electrons. The van der Waals surface area contributed by atoms with Gasteiger partial charge in [0, 0.05) is 5.69 Å². The van der Waals surface area contributed by atoms with Gasteiger partial charge in [0.15, 0.2) is 0 Å². The fraction of sp³-hybridized carbons (Fsp3) is 0.375. The fourth-order valence-corrected chi connectivity index (χ4v) is 2.17. The lowest BCUT2D eigenvalue weighted by Crippen LogP contribution is -2.07. The first-order valence-corrected chi connectivity index (χ1v) is 7.12. The lowest BCUT2D eigenvalue weighted by atomic mass is 10.2. The van der Waals surface area contributed by atoms with E-state index in [1.54, 1.807) is 0 Å². The molecular weight excluding hydrogens is 274 g/mol. The summed E-state index contributed by atoms with van der Waals surface area (Å²) in [5.74, 6) is 2.52. The zero-order valence-electron chi connectivity index (χ0n) is 12.2. The predicted octanol–water partition coefficient (Wildman–Crippen LogP) is 5.20. The molecule has 1 aromatic carbocycles. The quantitative estimate of drug-likeness (QED) is 0.822. The average molecular weight is 294 g/mol. The normalized spacial score (nSPS) is 12.5. The molecule has 2 aromatic rings. The Morgan fingerprint density at radius 3 is 2.45 bits per heavy atom. The number of nitrogens with one attached hydrogen (secondary N) is 1. The van der Waals surface area contributed by atoms with E-state index in [-0.39, 0.29) is 12.1 Å². The molecule has 1 aromatic heterocycles. The summed E-state index contributed by atoms with van der Waals surface area (Å²) in [6.45, 7) is 7.93. The van der Waals surface area contributed by atoms with Gasteiger partial charge in [-0.05, 0) is 58.0 Å². The van der Waals surface area contributed by atoms with Gasteiger partial charge in [-0.3, -0.25) is 0 Å². The minimum absolute atomic E-state index is 0.0802. The maximum Gasteiger partial charge on any atom is 0.138 e. The molecule has 1 unspecified atom stereocenters. The van der Waals surface area contributed by atoms with Crippen molar-refractivity contribution in [3.8, 4) is 5.75 Å². The Kier molecular flexibility index (Phi) is 4.61. The van der Waals surface area contributed by atoms with Gasteiger partial charge in [-0.1, -0.05) is 11.6 Å². The lowest BCUT2D eigenvalue weighted by Gasteiger charge is -2.16. The molecule has 0 aliphatic carbocycles. The second-order valence-electron chi connectivity index (χ2n) is 5.13. The van der Waals surface area contributed by atoms with Gasteiger partial charge in [-0.2, -0.15) is 0 Å². The summed E-state index contributed by atoms with van der Waals surface area (Å²) in [4.78, 5) is 0. The Bertz CT molecular complexity index is 578. The molecule has 20 heavy (non-hydrogen) atoms. The topological polar surface area (TPSA) is 34.4 Å². The highest BCUT2D eigenvalue weighted by atomic mass is 35.5. The molecule has 1 atom stereocenters. The Balaban J connectivity index is 2.08. The van der Waals surface area contributed by atoms with Crippen LogP contribution in [0.1, 0.15) is 38.3 Å². The van der Waals surface area contributed by atoms with Crippen molar-refractivity contribution in [2.75, 3.05) is 5.32 Å². The van der Waals surface area contributed by atoms with E-state index in [1.807, 2.05) is 58.0 Å². The zero-order valence-corrected chi connectivity index (χ0v) is 13.0. The van der Waals surface area contributed by atoms with Crippen LogP contribution in [0.3, 0.4) is 0 Å². The Labute approximate surface area is 124 Å². The van der Waals surface area contributed by atoms with Crippen molar-refractivity contribution >= 4 is 17.3 Å². The summed E-state index contributed by atoms with van der Waals surface area (Å²) in [6.07, 6.45) is 0.108. The van der Waals surface area contributed by atoms with Crippen LogP contribution < -0.4 is 10.1 Å². The van der Waals surface area contributed by atoms with E-state index in [4.69, 9.17) is 20.8 Å². The van der Waals surface area contributed by atoms with E-state index in [0.717, 1.165) is 17.2 Å². The summed E-state index contributed by atoms with van der Waals surface area (Å²) in [7, 11) is 0. The maximum absolute atomic E-state index is 6.22. The molecule has 1 N–H and O–H groups in total. The molecule has 0 saturated carbocycles. The van der Waals surface area contributed by atoms with Crippen LogP contribution >= 0.6 is 11.6 Å². The monoisotopic (exact) mass is 293 g/mol. The van der Waals surface area contributed by atoms with E-state index in [0.29, 0.717) is 10.8 Å². The Morgan fingerprint density at radius 1 is 1.15 bits per heavy atom. The Morgan fingerprint density at radius 2 is 1.90 bits per heavy atom. The number of hydrogen-bond acceptors (Lipinski definition) is 3. The third kappa shape index (κ3) is 3.70. The first kappa shape index (κ1) is 14.8. The molecule has 0 aliphatic heterocycles. The number of aryl methyl sites for hydroxylation is 1. The lowest BCUT2D eigenvalue weighted by molar-refractivity contribution is 0.242. The molecule has 0 aliphatic rings. The van der Waals surface area contributed by atoms with Crippen LogP contribution in [-0.4, -0.2) is 6.10 Å². The first-order valence-electron chi connectivity index (χ1n) is 6.75. The van der Waals surface area contributed by atoms with E-state index in [9.17, 15) is 0 Å². The number of anilines is 1. The van der Waals surface area contributed by atoms with Crippen molar-refractivity contribution in [3.63, 3.8) is 0 Å². The number of halogens is 1. The molecule has 0 saturated heterocycles. The predicted molar refractivity (Wildman–Crippen MR) is 82.7 cm³/mol. The smallest absolute Gasteiger partial charge is 0.138 e. The van der Waals surface area contributed by atoms with Gasteiger partial charge in [0.2, 0.25) is 0 Å². The van der Waals surface area contributed by atoms with Gasteiger partial charge in [0.1, 0.15) is 17.3 Å². The van der Waals surface area contributed by atoms with Crippen molar-refractivity contribution < 1.29 is 9.15 Å². The number of benzene rings is 1. The second kappa shape index (κ2) is 6.23. The van der Waals surface area contributed by atoms with Gasteiger partial charge in [0.25, 0.3) is 0 Å². The molecule has 0 fully saturated rings. The molecule has 0 spiro atoms. The molecule has 2 rings (SSSR count). The molecular formula is C16H20ClNO2. The van der Waals surface area contributed by atoms with Crippen molar-refractivity contribution in [1.82, 2.24) is 0 Å². The van der Waals surface area contributed by atoms with Gasteiger partial charge in [-0.15, -0.1) is 0 Å². The standard InChI is InChI=1S/C16H20ClNO2/c1-10(2)19-16-8-6-13(9-14(16)17)18-12(4)15-7-5-11(3)20-15/h5-10,12,18H,1-4H3. The van der Waals surface area contributed by atoms with Crippen molar-refractivity contribution in [2.45, 2.75) is 39.8 Å². The minimum Gasteiger partial charge on any atom is -0.489 e. The van der Waals surface area contributed by atoms with E-state index in [2.05, 4.69) is 5.32 Å². The number of hydrogen-bond donors (Lipinski definition) is 1. The van der Waals surface area contributed by atoms with E-state index in [1.165, 1.54) is 0 Å². The molecule has 1 heterocycles. The number of ether oxygens (including phenoxy) is 1. The number of rotatable bonds is 5. The van der Waals surface area contributed by atoms with E-state index < -0.39 is 0 Å². The van der Waals surface area contributed by atoms with Gasteiger partial charge in [-0.25, -0.2) is 0 Å². The summed E-state index contributed by atoms with van der Waals surface area (Å²) in [5, 5.41) is 3.96. The maximum atomic E-state index is 6.22. The van der Waals surface area contributed by atoms with Crippen LogP contribution in [0.4, 0.5) is 5.69 Å². The first-order chi connectivity index (χ1) is 9.45. The molecule has 3 nitrogen and oxygen atoms in total. The van der Waals surface area contributed by atoms with Crippen LogP contribution in [0, 0.1) is 6.92 Å². The second-order valence-corrected chi connectivity index (χ2v) is 5.53. The summed E-state index contributed by atoms with van der Waals surface area (Å²) < 4.78 is 11.2. The SMILES string of the molecule is Cc1ccc(C(C)Nc2ccc(OC(C)C)c(Cl)c2)o1. The van der Waals surface area contributed by atoms with Crippen LogP contribution in [0.2, 0.25) is 5.02 Å². The van der Waals surface area contributed by atoms with Crippen LogP contribution in [-0.2, 0) is 0 Å². The van der Waals surface area contributed by atoms with E-state index >= 15 is 0 Å². The van der Waals surface area contributed by atoms with Crippen LogP contribution in [0.25, 0.3) is 0 Å². The van der Waals surface area contributed by atoms with Crippen LogP contribution in [0.5, 0.6) is 5.75 Å². The highest BCUT2D eigenvalue weighted by Crippen LogP contribution is 2.30. The third-order valence-corrected chi connectivity index (χ3v) is 3.16. The van der Waals surface area contributed by atoms with Crippen molar-refractivity contribution in [1.29, 1.82) is 0 Å². The van der Waals surface area contributed by atoms with Gasteiger partial charge in [0.05, 0.1) is 17.2 Å². The summed E-state index contributed by atoms with van der Waals surface area (Å²) >= 11 is 6.22. The highest BCUT2D eigenvalue weighted by Gasteiger charge is 2.11. The molecule has 0 radical (unpaired) electrons. The minimum atomic E-state index is 0.0802. The number of furan rings is 1. The summed E-state index contributed by atoms with van der Waals surface area (Å²) in [6, 6.07) is 9.72. The molecule has 0 amide bonds. The molecule has 0 bridgehead atoms. The zero-order chi connectivity index (χ0) is 14.7. The average Bonchev–Trinajstić information content (AvgIpc) is 2.79. The molecule has 4 heteroatoms. The van der Waals surface area contributed by atoms with Gasteiger partial charge < -0.3 is 14.5 Å². The fourth-order valence-electron chi connectivity index (χ4n) is 1.95. The summed E-state index contributed by atoms with van der Waals surface area (Å²) in [5.41, 5.74) is 0.938. The van der Waals surface area contributed by atoms with Gasteiger partial charge >= 0.3 is 0 Å². The largest absolute Gasteiger partial charge is 0.489 e.